The Hall–Kier alpha value is -0.650. The van der Waals surface area contributed by atoms with Gasteiger partial charge in [-0.05, 0) is 13.3 Å². The molecule has 3 rings (SSSR count). The molecule has 0 aromatic rings. The Bertz CT molecular complexity index is 304. The van der Waals surface area contributed by atoms with E-state index in [1.165, 1.54) is 0 Å². The van der Waals surface area contributed by atoms with E-state index in [0.29, 0.717) is 6.42 Å². The van der Waals surface area contributed by atoms with E-state index in [1.54, 1.807) is 0 Å². The minimum atomic E-state index is -1.14. The second-order valence-electron chi connectivity index (χ2n) is 4.58. The van der Waals surface area contributed by atoms with Crippen molar-refractivity contribution in [1.29, 1.82) is 0 Å². The maximum absolute atomic E-state index is 11.1. The maximum atomic E-state index is 11.1. The van der Waals surface area contributed by atoms with Crippen LogP contribution in [-0.2, 0) is 19.0 Å². The molecular formula is C10H14O5. The fourth-order valence-corrected chi connectivity index (χ4v) is 2.67. The van der Waals surface area contributed by atoms with Gasteiger partial charge >= 0.3 is 5.97 Å². The van der Waals surface area contributed by atoms with Gasteiger partial charge in [0.2, 0.25) is 0 Å². The third kappa shape index (κ3) is 1.30. The Morgan fingerprint density at radius 2 is 2.27 bits per heavy atom. The minimum Gasteiger partial charge on any atom is -0.457 e. The van der Waals surface area contributed by atoms with Gasteiger partial charge in [-0.25, -0.2) is 4.79 Å². The third-order valence-electron chi connectivity index (χ3n) is 3.40. The maximum Gasteiger partial charge on any atom is 0.338 e. The fraction of sp³-hybridized carbons (Fsp3) is 0.900. The molecule has 0 radical (unpaired) electrons. The van der Waals surface area contributed by atoms with Crippen LogP contribution in [0.1, 0.15) is 26.2 Å². The molecule has 3 heterocycles. The number of fused-ring (bicyclic) bond motifs is 1. The fourth-order valence-electron chi connectivity index (χ4n) is 2.67. The van der Waals surface area contributed by atoms with Crippen LogP contribution in [-0.4, -0.2) is 41.3 Å². The summed E-state index contributed by atoms with van der Waals surface area (Å²) in [5.74, 6) is -1.19. The molecule has 3 aliphatic rings. The molecule has 0 unspecified atom stereocenters. The molecule has 5 atom stereocenters. The van der Waals surface area contributed by atoms with E-state index in [2.05, 4.69) is 0 Å². The average Bonchev–Trinajstić information content (AvgIpc) is 2.76. The lowest BCUT2D eigenvalue weighted by Gasteiger charge is -2.24. The summed E-state index contributed by atoms with van der Waals surface area (Å²) in [4.78, 5) is 11.1. The van der Waals surface area contributed by atoms with Crippen molar-refractivity contribution in [2.24, 2.45) is 0 Å². The lowest BCUT2D eigenvalue weighted by Crippen LogP contribution is -2.35. The van der Waals surface area contributed by atoms with Crippen molar-refractivity contribution < 1.29 is 24.1 Å². The van der Waals surface area contributed by atoms with E-state index in [4.69, 9.17) is 14.2 Å². The van der Waals surface area contributed by atoms with Crippen molar-refractivity contribution in [2.45, 2.75) is 56.4 Å². The Morgan fingerprint density at radius 3 is 2.87 bits per heavy atom. The Balaban J connectivity index is 1.78. The first-order chi connectivity index (χ1) is 7.10. The lowest BCUT2D eigenvalue weighted by molar-refractivity contribution is -0.224. The van der Waals surface area contributed by atoms with Gasteiger partial charge in [0.15, 0.2) is 11.9 Å². The Morgan fingerprint density at radius 1 is 1.47 bits per heavy atom. The second kappa shape index (κ2) is 2.93. The zero-order valence-corrected chi connectivity index (χ0v) is 8.51. The number of carbonyl (C=O) groups is 1. The van der Waals surface area contributed by atoms with Gasteiger partial charge in [-0.2, -0.15) is 0 Å². The van der Waals surface area contributed by atoms with Crippen LogP contribution in [0.15, 0.2) is 0 Å². The normalized spacial score (nSPS) is 53.6. The summed E-state index contributed by atoms with van der Waals surface area (Å²) in [7, 11) is 0. The number of hydrogen-bond acceptors (Lipinski definition) is 5. The summed E-state index contributed by atoms with van der Waals surface area (Å²) in [6, 6.07) is 0. The number of carbonyl (C=O) groups excluding carboxylic acids is 1. The first-order valence-electron chi connectivity index (χ1n) is 5.34. The van der Waals surface area contributed by atoms with Gasteiger partial charge in [0, 0.05) is 12.8 Å². The number of rotatable bonds is 0. The molecule has 0 bridgehead atoms. The summed E-state index contributed by atoms with van der Waals surface area (Å²) >= 11 is 0. The highest BCUT2D eigenvalue weighted by Gasteiger charge is 2.59. The van der Waals surface area contributed by atoms with Gasteiger partial charge in [0.05, 0.1) is 6.10 Å². The van der Waals surface area contributed by atoms with Crippen LogP contribution in [0, 0.1) is 0 Å². The van der Waals surface area contributed by atoms with Crippen LogP contribution in [0.3, 0.4) is 0 Å². The van der Waals surface area contributed by atoms with Crippen molar-refractivity contribution in [3.8, 4) is 0 Å². The summed E-state index contributed by atoms with van der Waals surface area (Å²) in [5, 5.41) is 9.52. The number of aliphatic hydroxyl groups is 1. The smallest absolute Gasteiger partial charge is 0.338 e. The molecule has 0 saturated carbocycles. The highest BCUT2D eigenvalue weighted by atomic mass is 16.7. The van der Waals surface area contributed by atoms with E-state index in [0.717, 1.165) is 12.8 Å². The molecule has 5 heteroatoms. The standard InChI is InChI=1S/C10H14O5/c1-5-2-3-10(14-5)4-6-8(15-10)7(11)9(12)13-6/h5-8,11H,2-4H2,1H3/t5-,6+,7+,8-,10-/m0/s1. The molecule has 3 fully saturated rings. The highest BCUT2D eigenvalue weighted by molar-refractivity contribution is 5.78. The lowest BCUT2D eigenvalue weighted by atomic mass is 10.1. The number of aliphatic hydroxyl groups excluding tert-OH is 1. The zero-order valence-electron chi connectivity index (χ0n) is 8.51. The molecule has 0 aromatic carbocycles. The molecule has 1 spiro atoms. The molecule has 15 heavy (non-hydrogen) atoms. The molecular weight excluding hydrogens is 200 g/mol. The summed E-state index contributed by atoms with van der Waals surface area (Å²) < 4.78 is 16.4. The average molecular weight is 214 g/mol. The molecule has 0 amide bonds. The summed E-state index contributed by atoms with van der Waals surface area (Å²) in [5.41, 5.74) is 0. The highest BCUT2D eigenvalue weighted by Crippen LogP contribution is 2.45. The van der Waals surface area contributed by atoms with Crippen molar-refractivity contribution >= 4 is 5.97 Å². The van der Waals surface area contributed by atoms with Crippen molar-refractivity contribution in [2.75, 3.05) is 0 Å². The van der Waals surface area contributed by atoms with E-state index in [1.807, 2.05) is 6.92 Å². The molecule has 84 valence electrons. The molecule has 1 N–H and O–H groups in total. The first-order valence-corrected chi connectivity index (χ1v) is 5.34. The second-order valence-corrected chi connectivity index (χ2v) is 4.58. The van der Waals surface area contributed by atoms with E-state index in [-0.39, 0.29) is 12.2 Å². The van der Waals surface area contributed by atoms with Gasteiger partial charge in [0.1, 0.15) is 12.2 Å². The van der Waals surface area contributed by atoms with Crippen molar-refractivity contribution in [1.82, 2.24) is 0 Å². The number of hydrogen-bond donors (Lipinski definition) is 1. The topological polar surface area (TPSA) is 65.0 Å². The van der Waals surface area contributed by atoms with Crippen LogP contribution in [0.25, 0.3) is 0 Å². The van der Waals surface area contributed by atoms with Gasteiger partial charge < -0.3 is 19.3 Å². The Kier molecular flexibility index (Phi) is 1.87. The molecule has 3 saturated heterocycles. The van der Waals surface area contributed by atoms with Crippen LogP contribution in [0.5, 0.6) is 0 Å². The Labute approximate surface area is 87.3 Å². The van der Waals surface area contributed by atoms with Crippen LogP contribution >= 0.6 is 0 Å². The predicted molar refractivity (Wildman–Crippen MR) is 47.9 cm³/mol. The summed E-state index contributed by atoms with van der Waals surface area (Å²) in [6.07, 6.45) is 0.464. The van der Waals surface area contributed by atoms with Gasteiger partial charge in [0.25, 0.3) is 0 Å². The van der Waals surface area contributed by atoms with Crippen LogP contribution in [0.4, 0.5) is 0 Å². The summed E-state index contributed by atoms with van der Waals surface area (Å²) in [6.45, 7) is 1.99. The van der Waals surface area contributed by atoms with Crippen LogP contribution in [0.2, 0.25) is 0 Å². The SMILES string of the molecule is C[C@H]1CC[C@]2(C[C@H]3OC(=O)[C@H](O)[C@H]3O2)O1. The molecule has 0 aliphatic carbocycles. The van der Waals surface area contributed by atoms with Crippen molar-refractivity contribution in [3.63, 3.8) is 0 Å². The quantitative estimate of drug-likeness (QED) is 0.573. The third-order valence-corrected chi connectivity index (χ3v) is 3.40. The van der Waals surface area contributed by atoms with E-state index in [9.17, 15) is 9.90 Å². The molecule has 5 nitrogen and oxygen atoms in total. The van der Waals surface area contributed by atoms with Gasteiger partial charge in [-0.3, -0.25) is 0 Å². The molecule has 3 aliphatic heterocycles. The van der Waals surface area contributed by atoms with Crippen LogP contribution < -0.4 is 0 Å². The van der Waals surface area contributed by atoms with Gasteiger partial charge in [-0.1, -0.05) is 0 Å². The number of esters is 1. The predicted octanol–water partition coefficient (Wildman–Crippen LogP) is -0.0432. The largest absolute Gasteiger partial charge is 0.457 e. The zero-order chi connectivity index (χ0) is 10.6. The first kappa shape index (κ1) is 9.57. The monoisotopic (exact) mass is 214 g/mol. The minimum absolute atomic E-state index is 0.177. The van der Waals surface area contributed by atoms with Gasteiger partial charge in [-0.15, -0.1) is 0 Å². The number of ether oxygens (including phenoxy) is 3. The van der Waals surface area contributed by atoms with Crippen molar-refractivity contribution in [3.05, 3.63) is 0 Å². The molecule has 0 aromatic heterocycles. The van der Waals surface area contributed by atoms with E-state index >= 15 is 0 Å². The van der Waals surface area contributed by atoms with E-state index < -0.39 is 24.0 Å².